The Morgan fingerprint density at radius 1 is 1.35 bits per heavy atom. The van der Waals surface area contributed by atoms with Crippen molar-refractivity contribution in [1.82, 2.24) is 5.32 Å². The van der Waals surface area contributed by atoms with Crippen molar-refractivity contribution in [2.24, 2.45) is 5.92 Å². The smallest absolute Gasteiger partial charge is 0.0950 e. The first-order chi connectivity index (χ1) is 8.31. The summed E-state index contributed by atoms with van der Waals surface area (Å²) in [5.74, 6) is 0.878. The van der Waals surface area contributed by atoms with Crippen LogP contribution >= 0.6 is 0 Å². The molecule has 0 saturated heterocycles. The third-order valence-electron chi connectivity index (χ3n) is 4.17. The summed E-state index contributed by atoms with van der Waals surface area (Å²) >= 11 is 0. The zero-order valence-corrected chi connectivity index (χ0v) is 11.1. The van der Waals surface area contributed by atoms with Gasteiger partial charge in [-0.3, -0.25) is 0 Å². The van der Waals surface area contributed by atoms with Crippen LogP contribution < -0.4 is 5.32 Å². The van der Waals surface area contributed by atoms with Crippen molar-refractivity contribution in [2.45, 2.75) is 64.5 Å². The molecule has 0 aromatic carbocycles. The summed E-state index contributed by atoms with van der Waals surface area (Å²) in [6.45, 7) is 4.53. The molecule has 1 heterocycles. The lowest BCUT2D eigenvalue weighted by Gasteiger charge is -2.32. The Morgan fingerprint density at radius 3 is 2.71 bits per heavy atom. The second-order valence-electron chi connectivity index (χ2n) is 5.36. The molecular weight excluding hydrogens is 210 g/mol. The van der Waals surface area contributed by atoms with E-state index in [1.54, 1.807) is 6.26 Å². The van der Waals surface area contributed by atoms with Crippen LogP contribution in [0.3, 0.4) is 0 Å². The van der Waals surface area contributed by atoms with Crippen LogP contribution in [0.25, 0.3) is 0 Å². The van der Waals surface area contributed by atoms with Gasteiger partial charge in [0, 0.05) is 17.6 Å². The summed E-state index contributed by atoms with van der Waals surface area (Å²) < 4.78 is 5.16. The maximum atomic E-state index is 5.16. The van der Waals surface area contributed by atoms with Gasteiger partial charge in [-0.1, -0.05) is 26.2 Å². The fourth-order valence-corrected chi connectivity index (χ4v) is 3.06. The summed E-state index contributed by atoms with van der Waals surface area (Å²) in [7, 11) is 0. The van der Waals surface area contributed by atoms with Gasteiger partial charge in [-0.2, -0.15) is 0 Å². The van der Waals surface area contributed by atoms with Gasteiger partial charge >= 0.3 is 0 Å². The summed E-state index contributed by atoms with van der Waals surface area (Å²) in [6.07, 6.45) is 11.9. The van der Waals surface area contributed by atoms with Crippen LogP contribution in [0.1, 0.15) is 64.0 Å². The maximum Gasteiger partial charge on any atom is 0.0950 e. The van der Waals surface area contributed by atoms with Crippen LogP contribution in [0.4, 0.5) is 0 Å². The van der Waals surface area contributed by atoms with E-state index in [1.807, 2.05) is 6.26 Å². The Bertz CT molecular complexity index is 301. The molecule has 2 nitrogen and oxygen atoms in total. The highest BCUT2D eigenvalue weighted by atomic mass is 16.3. The predicted octanol–water partition coefficient (Wildman–Crippen LogP) is 4.29. The number of furan rings is 1. The van der Waals surface area contributed by atoms with E-state index in [4.69, 9.17) is 4.42 Å². The molecule has 1 N–H and O–H groups in total. The SMILES string of the molecule is CCC(NC(C)c1ccoc1)C1CCCCC1. The van der Waals surface area contributed by atoms with E-state index >= 15 is 0 Å². The standard InChI is InChI=1S/C15H25NO/c1-3-15(13-7-5-4-6-8-13)16-12(2)14-9-10-17-11-14/h9-13,15-16H,3-8H2,1-2H3. The fourth-order valence-electron chi connectivity index (χ4n) is 3.06. The normalized spacial score (nSPS) is 21.3. The predicted molar refractivity (Wildman–Crippen MR) is 70.9 cm³/mol. The molecule has 0 aliphatic heterocycles. The lowest BCUT2D eigenvalue weighted by molar-refractivity contribution is 0.249. The van der Waals surface area contributed by atoms with E-state index in [0.29, 0.717) is 12.1 Å². The molecule has 2 heteroatoms. The quantitative estimate of drug-likeness (QED) is 0.823. The van der Waals surface area contributed by atoms with Gasteiger partial charge < -0.3 is 9.73 Å². The Hall–Kier alpha value is -0.760. The third kappa shape index (κ3) is 3.35. The average Bonchev–Trinajstić information content (AvgIpc) is 2.90. The number of hydrogen-bond acceptors (Lipinski definition) is 2. The molecule has 2 atom stereocenters. The lowest BCUT2D eigenvalue weighted by Crippen LogP contribution is -2.38. The van der Waals surface area contributed by atoms with E-state index in [-0.39, 0.29) is 0 Å². The highest BCUT2D eigenvalue weighted by molar-refractivity contribution is 5.10. The molecule has 1 fully saturated rings. The van der Waals surface area contributed by atoms with E-state index in [1.165, 1.54) is 44.1 Å². The molecule has 2 rings (SSSR count). The molecule has 0 bridgehead atoms. The monoisotopic (exact) mass is 235 g/mol. The summed E-state index contributed by atoms with van der Waals surface area (Å²) in [6, 6.07) is 3.13. The average molecular weight is 235 g/mol. The van der Waals surface area contributed by atoms with Gasteiger partial charge in [0.1, 0.15) is 0 Å². The first-order valence-corrected chi connectivity index (χ1v) is 7.09. The first kappa shape index (κ1) is 12.7. The number of nitrogens with one attached hydrogen (secondary N) is 1. The molecule has 2 unspecified atom stereocenters. The molecule has 0 radical (unpaired) electrons. The minimum atomic E-state index is 0.403. The van der Waals surface area contributed by atoms with Crippen LogP contribution in [0.15, 0.2) is 23.0 Å². The van der Waals surface area contributed by atoms with Crippen molar-refractivity contribution in [1.29, 1.82) is 0 Å². The van der Waals surface area contributed by atoms with Gasteiger partial charge in [-0.05, 0) is 38.2 Å². The molecule has 1 aromatic rings. The lowest BCUT2D eigenvalue weighted by atomic mass is 9.82. The zero-order chi connectivity index (χ0) is 12.1. The van der Waals surface area contributed by atoms with Crippen LogP contribution in [0.5, 0.6) is 0 Å². The number of rotatable bonds is 5. The summed E-state index contributed by atoms with van der Waals surface area (Å²) in [4.78, 5) is 0. The molecule has 1 aliphatic rings. The summed E-state index contributed by atoms with van der Waals surface area (Å²) in [5, 5.41) is 3.78. The Balaban J connectivity index is 1.90. The second-order valence-corrected chi connectivity index (χ2v) is 5.36. The Labute approximate surface area is 105 Å². The van der Waals surface area contributed by atoms with Crippen LogP contribution in [0, 0.1) is 5.92 Å². The van der Waals surface area contributed by atoms with Gasteiger partial charge in [0.25, 0.3) is 0 Å². The highest BCUT2D eigenvalue weighted by Gasteiger charge is 2.23. The van der Waals surface area contributed by atoms with Crippen LogP contribution in [-0.4, -0.2) is 6.04 Å². The van der Waals surface area contributed by atoms with Gasteiger partial charge in [-0.15, -0.1) is 0 Å². The van der Waals surface area contributed by atoms with Crippen molar-refractivity contribution in [3.8, 4) is 0 Å². The largest absolute Gasteiger partial charge is 0.472 e. The molecule has 17 heavy (non-hydrogen) atoms. The van der Waals surface area contributed by atoms with Gasteiger partial charge in [0.15, 0.2) is 0 Å². The molecule has 0 spiro atoms. The molecule has 1 aliphatic carbocycles. The summed E-state index contributed by atoms with van der Waals surface area (Å²) in [5.41, 5.74) is 1.26. The van der Waals surface area contributed by atoms with Crippen molar-refractivity contribution >= 4 is 0 Å². The van der Waals surface area contributed by atoms with Gasteiger partial charge in [-0.25, -0.2) is 0 Å². The van der Waals surface area contributed by atoms with Crippen LogP contribution in [0.2, 0.25) is 0 Å². The highest BCUT2D eigenvalue weighted by Crippen LogP contribution is 2.29. The van der Waals surface area contributed by atoms with E-state index in [2.05, 4.69) is 25.2 Å². The third-order valence-corrected chi connectivity index (χ3v) is 4.17. The van der Waals surface area contributed by atoms with E-state index < -0.39 is 0 Å². The molecule has 1 saturated carbocycles. The number of hydrogen-bond donors (Lipinski definition) is 1. The van der Waals surface area contributed by atoms with Crippen LogP contribution in [-0.2, 0) is 0 Å². The molecular formula is C15H25NO. The van der Waals surface area contributed by atoms with Crippen molar-refractivity contribution in [2.75, 3.05) is 0 Å². The Kier molecular flexibility index (Phi) is 4.66. The minimum absolute atomic E-state index is 0.403. The van der Waals surface area contributed by atoms with E-state index in [9.17, 15) is 0 Å². The topological polar surface area (TPSA) is 25.2 Å². The Morgan fingerprint density at radius 2 is 2.12 bits per heavy atom. The second kappa shape index (κ2) is 6.25. The fraction of sp³-hybridized carbons (Fsp3) is 0.733. The van der Waals surface area contributed by atoms with Crippen molar-refractivity contribution < 1.29 is 4.42 Å². The van der Waals surface area contributed by atoms with Crippen molar-refractivity contribution in [3.63, 3.8) is 0 Å². The molecule has 96 valence electrons. The van der Waals surface area contributed by atoms with Gasteiger partial charge in [0.05, 0.1) is 12.5 Å². The van der Waals surface area contributed by atoms with Gasteiger partial charge in [0.2, 0.25) is 0 Å². The minimum Gasteiger partial charge on any atom is -0.472 e. The molecule has 1 aromatic heterocycles. The maximum absolute atomic E-state index is 5.16. The molecule has 0 amide bonds. The zero-order valence-electron chi connectivity index (χ0n) is 11.1. The van der Waals surface area contributed by atoms with Crippen molar-refractivity contribution in [3.05, 3.63) is 24.2 Å². The first-order valence-electron chi connectivity index (χ1n) is 7.09. The van der Waals surface area contributed by atoms with E-state index in [0.717, 1.165) is 5.92 Å².